The summed E-state index contributed by atoms with van der Waals surface area (Å²) in [7, 11) is 8.87. The summed E-state index contributed by atoms with van der Waals surface area (Å²) in [5.74, 6) is 1.98. The number of nitrogens with zero attached hydrogens (tertiary/aromatic N) is 10. The molecular weight excluding hydrogens is 836 g/mol. The van der Waals surface area contributed by atoms with Gasteiger partial charge in [-0.15, -0.1) is 20.4 Å². The first-order chi connectivity index (χ1) is 26.4. The Labute approximate surface area is 329 Å². The molecular formula is C38H34Br2N10O5. The molecule has 1 N–H and O–H groups in total. The minimum atomic E-state index is -0.403. The van der Waals surface area contributed by atoms with Crippen molar-refractivity contribution >= 4 is 83.1 Å². The smallest absolute Gasteiger partial charge is 0.337 e. The van der Waals surface area contributed by atoms with Crippen molar-refractivity contribution in [2.45, 2.75) is 13.1 Å². The summed E-state index contributed by atoms with van der Waals surface area (Å²) in [6, 6.07) is 24.9. The zero-order valence-corrected chi connectivity index (χ0v) is 33.5. The minimum absolute atomic E-state index is 0.139. The predicted octanol–water partition coefficient (Wildman–Crippen LogP) is 5.33. The lowest BCUT2D eigenvalue weighted by atomic mass is 10.1. The first-order valence-electron chi connectivity index (χ1n) is 16.8. The SMILES string of the molecule is CN(C)c1nnc2n(Cc3ccc(O)cc3)c(=O)c3cc(Br)ccc3n12.COC(=O)c1ccc(Cn2c(=O)c3cc(Br)ccc3n3c(N(C)C)nnc23)cc1. The number of benzene rings is 4. The third-order valence-electron chi connectivity index (χ3n) is 8.88. The molecule has 17 heteroatoms. The average Bonchev–Trinajstić information content (AvgIpc) is 3.82. The molecule has 0 aliphatic heterocycles. The molecule has 0 spiro atoms. The van der Waals surface area contributed by atoms with Crippen LogP contribution in [0.25, 0.3) is 33.4 Å². The second kappa shape index (κ2) is 15.0. The summed E-state index contributed by atoms with van der Waals surface area (Å²) in [4.78, 5) is 41.8. The van der Waals surface area contributed by atoms with Crippen molar-refractivity contribution in [1.82, 2.24) is 38.3 Å². The number of carbonyl (C=O) groups excluding carboxylic acids is 1. The number of hydrogen-bond donors (Lipinski definition) is 1. The van der Waals surface area contributed by atoms with Crippen molar-refractivity contribution in [1.29, 1.82) is 0 Å². The van der Waals surface area contributed by atoms with E-state index in [0.29, 0.717) is 46.3 Å². The molecule has 0 unspecified atom stereocenters. The highest BCUT2D eigenvalue weighted by molar-refractivity contribution is 9.10. The van der Waals surface area contributed by atoms with Crippen molar-refractivity contribution in [2.75, 3.05) is 45.1 Å². The van der Waals surface area contributed by atoms with E-state index in [2.05, 4.69) is 52.3 Å². The highest BCUT2D eigenvalue weighted by Gasteiger charge is 2.20. The number of hydrogen-bond acceptors (Lipinski definition) is 11. The number of aromatic nitrogens is 8. The van der Waals surface area contributed by atoms with E-state index in [9.17, 15) is 19.5 Å². The molecule has 0 saturated carbocycles. The third kappa shape index (κ3) is 7.03. The van der Waals surface area contributed by atoms with Gasteiger partial charge in [0.1, 0.15) is 5.75 Å². The van der Waals surface area contributed by atoms with Gasteiger partial charge in [-0.2, -0.15) is 0 Å². The summed E-state index contributed by atoms with van der Waals surface area (Å²) in [6.45, 7) is 0.619. The fourth-order valence-electron chi connectivity index (χ4n) is 6.23. The van der Waals surface area contributed by atoms with E-state index in [4.69, 9.17) is 4.74 Å². The molecule has 4 aromatic carbocycles. The molecule has 280 valence electrons. The number of ether oxygens (including phenoxy) is 1. The van der Waals surface area contributed by atoms with Gasteiger partial charge in [-0.05, 0) is 71.8 Å². The molecule has 0 atom stereocenters. The van der Waals surface area contributed by atoms with Crippen LogP contribution in [0, 0.1) is 0 Å². The zero-order chi connectivity index (χ0) is 39.1. The fourth-order valence-corrected chi connectivity index (χ4v) is 6.96. The monoisotopic (exact) mass is 868 g/mol. The van der Waals surface area contributed by atoms with Gasteiger partial charge in [0.25, 0.3) is 11.1 Å². The predicted molar refractivity (Wildman–Crippen MR) is 218 cm³/mol. The number of halogens is 2. The van der Waals surface area contributed by atoms with Crippen molar-refractivity contribution in [3.05, 3.63) is 131 Å². The second-order valence-electron chi connectivity index (χ2n) is 13.0. The number of methoxy groups -OCH3 is 1. The molecule has 4 aromatic heterocycles. The van der Waals surface area contributed by atoms with E-state index in [1.54, 1.807) is 63.7 Å². The van der Waals surface area contributed by atoms with E-state index in [1.807, 2.05) is 77.1 Å². The van der Waals surface area contributed by atoms with Crippen LogP contribution >= 0.6 is 31.9 Å². The Bertz CT molecular complexity index is 2860. The van der Waals surface area contributed by atoms with Crippen molar-refractivity contribution < 1.29 is 14.6 Å². The number of rotatable bonds is 7. The third-order valence-corrected chi connectivity index (χ3v) is 9.87. The van der Waals surface area contributed by atoms with Gasteiger partial charge in [-0.1, -0.05) is 56.1 Å². The van der Waals surface area contributed by atoms with Gasteiger partial charge in [0.05, 0.1) is 47.6 Å². The Kier molecular flexibility index (Phi) is 10.2. The van der Waals surface area contributed by atoms with Gasteiger partial charge in [-0.3, -0.25) is 18.7 Å². The minimum Gasteiger partial charge on any atom is -0.508 e. The van der Waals surface area contributed by atoms with Crippen LogP contribution in [0.1, 0.15) is 21.5 Å². The summed E-state index contributed by atoms with van der Waals surface area (Å²) in [5.41, 5.74) is 3.38. The molecule has 0 fully saturated rings. The molecule has 4 heterocycles. The van der Waals surface area contributed by atoms with Gasteiger partial charge in [0, 0.05) is 37.1 Å². The van der Waals surface area contributed by atoms with Gasteiger partial charge in [0.2, 0.25) is 23.5 Å². The van der Waals surface area contributed by atoms with E-state index < -0.39 is 5.97 Å². The van der Waals surface area contributed by atoms with E-state index >= 15 is 0 Å². The number of carbonyl (C=O) groups is 1. The zero-order valence-electron chi connectivity index (χ0n) is 30.3. The van der Waals surface area contributed by atoms with Crippen LogP contribution in [0.3, 0.4) is 0 Å². The highest BCUT2D eigenvalue weighted by atomic mass is 79.9. The topological polar surface area (TPSA) is 157 Å². The van der Waals surface area contributed by atoms with Gasteiger partial charge in [-0.25, -0.2) is 13.6 Å². The van der Waals surface area contributed by atoms with Crippen LogP contribution in [0.5, 0.6) is 5.75 Å². The number of anilines is 2. The normalized spacial score (nSPS) is 11.3. The number of aromatic hydroxyl groups is 1. The number of esters is 1. The Morgan fingerprint density at radius 1 is 0.655 bits per heavy atom. The molecule has 0 aliphatic carbocycles. The molecule has 0 aliphatic rings. The summed E-state index contributed by atoms with van der Waals surface area (Å²) >= 11 is 6.89. The summed E-state index contributed by atoms with van der Waals surface area (Å²) in [6.07, 6.45) is 0. The molecule has 0 bridgehead atoms. The number of fused-ring (bicyclic) bond motifs is 6. The molecule has 8 rings (SSSR count). The molecule has 8 aromatic rings. The highest BCUT2D eigenvalue weighted by Crippen LogP contribution is 2.24. The molecule has 0 saturated heterocycles. The summed E-state index contributed by atoms with van der Waals surface area (Å²) < 4.78 is 13.3. The van der Waals surface area contributed by atoms with Crippen LogP contribution < -0.4 is 20.9 Å². The Morgan fingerprint density at radius 3 is 1.47 bits per heavy atom. The molecule has 0 amide bonds. The van der Waals surface area contributed by atoms with Crippen LogP contribution in [-0.2, 0) is 17.8 Å². The van der Waals surface area contributed by atoms with Crippen LogP contribution in [0.4, 0.5) is 11.9 Å². The molecule has 15 nitrogen and oxygen atoms in total. The number of phenols is 1. The molecule has 0 radical (unpaired) electrons. The van der Waals surface area contributed by atoms with Crippen LogP contribution in [0.15, 0.2) is 103 Å². The maximum absolute atomic E-state index is 13.3. The van der Waals surface area contributed by atoms with Crippen LogP contribution in [0.2, 0.25) is 0 Å². The lowest BCUT2D eigenvalue weighted by molar-refractivity contribution is 0.0600. The maximum atomic E-state index is 13.3. The van der Waals surface area contributed by atoms with Gasteiger partial charge in [0.15, 0.2) is 0 Å². The first kappa shape index (κ1) is 37.3. The quantitative estimate of drug-likeness (QED) is 0.207. The van der Waals surface area contributed by atoms with E-state index in [0.717, 1.165) is 31.1 Å². The standard InChI is InChI=1S/C20H18BrN5O3.C18H16BrN5O2/c1-24(2)19-22-23-20-25(11-12-4-6-13(7-5-12)18(28)29-3)17(27)15-10-14(21)8-9-16(15)26(19)20;1-22(2)17-20-21-18-23(10-11-3-6-13(25)7-4-11)16(26)14-9-12(19)5-8-15(14)24(17)18/h4-10H,11H2,1-3H3;3-9,25H,10H2,1-2H3. The van der Waals surface area contributed by atoms with Gasteiger partial charge < -0.3 is 19.6 Å². The van der Waals surface area contributed by atoms with E-state index in [-0.39, 0.29) is 23.4 Å². The van der Waals surface area contributed by atoms with Crippen LogP contribution in [-0.4, -0.2) is 84.7 Å². The first-order valence-corrected chi connectivity index (χ1v) is 18.4. The lowest BCUT2D eigenvalue weighted by Gasteiger charge is -2.14. The maximum Gasteiger partial charge on any atom is 0.337 e. The van der Waals surface area contributed by atoms with Gasteiger partial charge >= 0.3 is 5.97 Å². The Balaban J connectivity index is 0.000000170. The number of phenolic OH excluding ortho intramolecular Hbond substituents is 1. The Hall–Kier alpha value is -6.07. The van der Waals surface area contributed by atoms with Crippen molar-refractivity contribution in [3.63, 3.8) is 0 Å². The Morgan fingerprint density at radius 2 is 1.07 bits per heavy atom. The molecule has 55 heavy (non-hydrogen) atoms. The second-order valence-corrected chi connectivity index (χ2v) is 14.9. The average molecular weight is 871 g/mol. The van der Waals surface area contributed by atoms with Crippen molar-refractivity contribution in [3.8, 4) is 5.75 Å². The lowest BCUT2D eigenvalue weighted by Crippen LogP contribution is -2.24. The largest absolute Gasteiger partial charge is 0.508 e. The summed E-state index contributed by atoms with van der Waals surface area (Å²) in [5, 5.41) is 27.7. The van der Waals surface area contributed by atoms with Crippen molar-refractivity contribution in [2.24, 2.45) is 0 Å². The fraction of sp³-hybridized carbons (Fsp3) is 0.184. The van der Waals surface area contributed by atoms with E-state index in [1.165, 1.54) is 7.11 Å².